The van der Waals surface area contributed by atoms with E-state index in [9.17, 15) is 4.79 Å². The third kappa shape index (κ3) is 3.50. The van der Waals surface area contributed by atoms with Crippen molar-refractivity contribution in [2.24, 2.45) is 4.99 Å². The van der Waals surface area contributed by atoms with E-state index in [2.05, 4.69) is 4.99 Å². The number of hydrogen-bond acceptors (Lipinski definition) is 5. The average molecular weight is 279 g/mol. The zero-order valence-corrected chi connectivity index (χ0v) is 12.1. The number of carbonyl (C=O) groups excluding carboxylic acids is 1. The summed E-state index contributed by atoms with van der Waals surface area (Å²) < 4.78 is 10.3. The molecular weight excluding hydrogens is 262 g/mol. The van der Waals surface area contributed by atoms with Crippen LogP contribution in [-0.4, -0.2) is 36.0 Å². The minimum absolute atomic E-state index is 0.0993. The molecule has 0 radical (unpaired) electrons. The van der Waals surface area contributed by atoms with Gasteiger partial charge in [-0.2, -0.15) is 0 Å². The van der Waals surface area contributed by atoms with Crippen molar-refractivity contribution >= 4 is 22.8 Å². The molecule has 0 aliphatic carbocycles. The Morgan fingerprint density at radius 1 is 1.37 bits per heavy atom. The molecule has 0 bridgehead atoms. The van der Waals surface area contributed by atoms with Gasteiger partial charge in [-0.1, -0.05) is 0 Å². The Balaban J connectivity index is 2.07. The molecule has 0 unspecified atom stereocenters. The molecule has 1 aromatic rings. The van der Waals surface area contributed by atoms with E-state index in [0.29, 0.717) is 5.75 Å². The van der Waals surface area contributed by atoms with Crippen molar-refractivity contribution in [1.82, 2.24) is 0 Å². The molecule has 0 amide bonds. The van der Waals surface area contributed by atoms with Crippen LogP contribution in [0.5, 0.6) is 5.75 Å². The van der Waals surface area contributed by atoms with Gasteiger partial charge in [0.25, 0.3) is 0 Å². The van der Waals surface area contributed by atoms with Gasteiger partial charge in [0, 0.05) is 11.3 Å². The maximum atomic E-state index is 11.8. The van der Waals surface area contributed by atoms with Crippen LogP contribution in [0.2, 0.25) is 0 Å². The topological polar surface area (TPSA) is 47.9 Å². The summed E-state index contributed by atoms with van der Waals surface area (Å²) in [6.45, 7) is 3.68. The second-order valence-electron chi connectivity index (χ2n) is 4.48. The van der Waals surface area contributed by atoms with Crippen LogP contribution < -0.4 is 4.74 Å². The maximum absolute atomic E-state index is 11.8. The van der Waals surface area contributed by atoms with E-state index >= 15 is 0 Å². The first-order chi connectivity index (χ1) is 9.10. The molecule has 0 saturated carbocycles. The summed E-state index contributed by atoms with van der Waals surface area (Å²) in [6.07, 6.45) is -0.0993. The third-order valence-electron chi connectivity index (χ3n) is 2.61. The highest BCUT2D eigenvalue weighted by Crippen LogP contribution is 2.25. The SMILES string of the molecule is COc1ccc(C2=N[C@H](C(=O)OC(C)C)CS2)cc1. The minimum Gasteiger partial charge on any atom is -0.497 e. The fourth-order valence-corrected chi connectivity index (χ4v) is 2.73. The van der Waals surface area contributed by atoms with Gasteiger partial charge >= 0.3 is 5.97 Å². The highest BCUT2D eigenvalue weighted by atomic mass is 32.2. The van der Waals surface area contributed by atoms with Crippen molar-refractivity contribution in [3.05, 3.63) is 29.8 Å². The van der Waals surface area contributed by atoms with Crippen molar-refractivity contribution in [3.63, 3.8) is 0 Å². The highest BCUT2D eigenvalue weighted by Gasteiger charge is 2.27. The first kappa shape index (κ1) is 13.9. The van der Waals surface area contributed by atoms with Crippen molar-refractivity contribution in [1.29, 1.82) is 0 Å². The van der Waals surface area contributed by atoms with E-state index in [1.807, 2.05) is 38.1 Å². The summed E-state index contributed by atoms with van der Waals surface area (Å²) in [5.41, 5.74) is 1.01. The largest absolute Gasteiger partial charge is 0.497 e. The molecule has 0 spiro atoms. The molecule has 0 saturated heterocycles. The van der Waals surface area contributed by atoms with Crippen LogP contribution in [0.1, 0.15) is 19.4 Å². The molecule has 1 atom stereocenters. The van der Waals surface area contributed by atoms with Gasteiger partial charge in [0.2, 0.25) is 0 Å². The monoisotopic (exact) mass is 279 g/mol. The molecule has 5 heteroatoms. The summed E-state index contributed by atoms with van der Waals surface area (Å²) in [5.74, 6) is 1.21. The fourth-order valence-electron chi connectivity index (χ4n) is 1.70. The fraction of sp³-hybridized carbons (Fsp3) is 0.429. The lowest BCUT2D eigenvalue weighted by Gasteiger charge is -2.09. The second-order valence-corrected chi connectivity index (χ2v) is 5.48. The number of hydrogen-bond donors (Lipinski definition) is 0. The lowest BCUT2D eigenvalue weighted by molar-refractivity contribution is -0.148. The Morgan fingerprint density at radius 2 is 2.05 bits per heavy atom. The lowest BCUT2D eigenvalue weighted by atomic mass is 10.2. The Bertz CT molecular complexity index is 482. The van der Waals surface area contributed by atoms with Gasteiger partial charge in [0.1, 0.15) is 5.75 Å². The minimum atomic E-state index is -0.385. The second kappa shape index (κ2) is 6.10. The Kier molecular flexibility index (Phi) is 4.47. The first-order valence-corrected chi connectivity index (χ1v) is 7.14. The Hall–Kier alpha value is -1.49. The number of rotatable bonds is 4. The number of methoxy groups -OCH3 is 1. The molecule has 2 rings (SSSR count). The molecule has 0 aromatic heterocycles. The van der Waals surface area contributed by atoms with Gasteiger partial charge in [-0.15, -0.1) is 11.8 Å². The van der Waals surface area contributed by atoms with Crippen molar-refractivity contribution in [2.75, 3.05) is 12.9 Å². The summed E-state index contributed by atoms with van der Waals surface area (Å²) in [4.78, 5) is 16.2. The molecule has 1 aromatic carbocycles. The number of nitrogens with zero attached hydrogens (tertiary/aromatic N) is 1. The van der Waals surface area contributed by atoms with Gasteiger partial charge in [-0.3, -0.25) is 4.99 Å². The summed E-state index contributed by atoms with van der Waals surface area (Å²) in [7, 11) is 1.63. The Morgan fingerprint density at radius 3 is 2.63 bits per heavy atom. The number of ether oxygens (including phenoxy) is 2. The van der Waals surface area contributed by atoms with Crippen molar-refractivity contribution in [2.45, 2.75) is 26.0 Å². The quantitative estimate of drug-likeness (QED) is 0.795. The van der Waals surface area contributed by atoms with Crippen LogP contribution in [0.3, 0.4) is 0 Å². The van der Waals surface area contributed by atoms with Crippen LogP contribution in [-0.2, 0) is 9.53 Å². The standard InChI is InChI=1S/C14H17NO3S/c1-9(2)18-14(16)12-8-19-13(15-12)10-4-6-11(17-3)7-5-10/h4-7,9,12H,8H2,1-3H3/t12-/m0/s1. The van der Waals surface area contributed by atoms with Crippen molar-refractivity contribution in [3.8, 4) is 5.75 Å². The van der Waals surface area contributed by atoms with Crippen molar-refractivity contribution < 1.29 is 14.3 Å². The number of thioether (sulfide) groups is 1. The molecule has 102 valence electrons. The molecule has 0 fully saturated rings. The molecule has 1 aliphatic heterocycles. The van der Waals surface area contributed by atoms with Gasteiger partial charge in [0.05, 0.1) is 18.3 Å². The molecule has 1 heterocycles. The normalized spacial score (nSPS) is 18.3. The number of esters is 1. The number of carbonyl (C=O) groups is 1. The van der Waals surface area contributed by atoms with Crippen LogP contribution in [0.25, 0.3) is 0 Å². The van der Waals surface area contributed by atoms with E-state index in [-0.39, 0.29) is 18.1 Å². The van der Waals surface area contributed by atoms with Gasteiger partial charge in [0.15, 0.2) is 6.04 Å². The maximum Gasteiger partial charge on any atom is 0.332 e. The van der Waals surface area contributed by atoms with E-state index in [4.69, 9.17) is 9.47 Å². The van der Waals surface area contributed by atoms with Gasteiger partial charge in [-0.25, -0.2) is 4.79 Å². The first-order valence-electron chi connectivity index (χ1n) is 6.15. The van der Waals surface area contributed by atoms with E-state index < -0.39 is 0 Å². The molecular formula is C14H17NO3S. The van der Waals surface area contributed by atoms with E-state index in [1.165, 1.54) is 0 Å². The predicted molar refractivity (Wildman–Crippen MR) is 77.0 cm³/mol. The van der Waals surface area contributed by atoms with E-state index in [0.717, 1.165) is 16.4 Å². The average Bonchev–Trinajstić information content (AvgIpc) is 2.88. The lowest BCUT2D eigenvalue weighted by Crippen LogP contribution is -2.24. The highest BCUT2D eigenvalue weighted by molar-refractivity contribution is 8.14. The van der Waals surface area contributed by atoms with Gasteiger partial charge in [-0.05, 0) is 38.1 Å². The predicted octanol–water partition coefficient (Wildman–Crippen LogP) is 2.51. The van der Waals surface area contributed by atoms with Gasteiger partial charge < -0.3 is 9.47 Å². The summed E-state index contributed by atoms with van der Waals surface area (Å²) in [5, 5.41) is 0.883. The smallest absolute Gasteiger partial charge is 0.332 e. The molecule has 1 aliphatic rings. The summed E-state index contributed by atoms with van der Waals surface area (Å²) in [6, 6.07) is 7.28. The molecule has 0 N–H and O–H groups in total. The third-order valence-corrected chi connectivity index (χ3v) is 3.71. The number of benzene rings is 1. The molecule has 4 nitrogen and oxygen atoms in total. The zero-order valence-electron chi connectivity index (χ0n) is 11.3. The van der Waals surface area contributed by atoms with Crippen LogP contribution in [0, 0.1) is 0 Å². The summed E-state index contributed by atoms with van der Waals surface area (Å²) >= 11 is 1.58. The molecule has 19 heavy (non-hydrogen) atoms. The Labute approximate surface area is 117 Å². The van der Waals surface area contributed by atoms with Crippen LogP contribution >= 0.6 is 11.8 Å². The van der Waals surface area contributed by atoms with Crippen LogP contribution in [0.4, 0.5) is 0 Å². The van der Waals surface area contributed by atoms with E-state index in [1.54, 1.807) is 18.9 Å². The van der Waals surface area contributed by atoms with Crippen LogP contribution in [0.15, 0.2) is 29.3 Å². The number of aliphatic imine (C=N–C) groups is 1. The zero-order chi connectivity index (χ0) is 13.8.